The van der Waals surface area contributed by atoms with Gasteiger partial charge in [-0.1, -0.05) is 45.0 Å². The van der Waals surface area contributed by atoms with Crippen LogP contribution >= 0.6 is 11.8 Å². The fourth-order valence-corrected chi connectivity index (χ4v) is 3.65. The van der Waals surface area contributed by atoms with Crippen LogP contribution in [0.1, 0.15) is 49.5 Å². The average Bonchev–Trinajstić information content (AvgIpc) is 2.47. The van der Waals surface area contributed by atoms with Gasteiger partial charge in [-0.25, -0.2) is 0 Å². The number of carbonyl (C=O) groups excluding carboxylic acids is 2. The van der Waals surface area contributed by atoms with E-state index in [1.165, 1.54) is 0 Å². The quantitative estimate of drug-likeness (QED) is 0.668. The summed E-state index contributed by atoms with van der Waals surface area (Å²) in [6.45, 7) is 6.16. The van der Waals surface area contributed by atoms with Crippen molar-refractivity contribution < 1.29 is 9.59 Å². The highest BCUT2D eigenvalue weighted by atomic mass is 32.2. The number of carbonyl (C=O) groups is 2. The van der Waals surface area contributed by atoms with E-state index in [9.17, 15) is 9.59 Å². The van der Waals surface area contributed by atoms with Gasteiger partial charge in [-0.05, 0) is 18.4 Å². The van der Waals surface area contributed by atoms with Gasteiger partial charge in [-0.15, -0.1) is 11.8 Å². The minimum absolute atomic E-state index is 0.293. The Morgan fingerprint density at radius 3 is 2.37 bits per heavy atom. The lowest BCUT2D eigenvalue weighted by atomic mass is 9.87. The van der Waals surface area contributed by atoms with Crippen molar-refractivity contribution >= 4 is 28.2 Å². The van der Waals surface area contributed by atoms with Gasteiger partial charge in [-0.2, -0.15) is 0 Å². The van der Waals surface area contributed by atoms with Crippen molar-refractivity contribution in [3.05, 3.63) is 41.0 Å². The maximum absolute atomic E-state index is 12.0. The first-order valence-corrected chi connectivity index (χ1v) is 7.64. The summed E-state index contributed by atoms with van der Waals surface area (Å²) in [5.74, 6) is -0.632. The molecule has 0 saturated heterocycles. The van der Waals surface area contributed by atoms with E-state index in [4.69, 9.17) is 0 Å². The third kappa shape index (κ3) is 2.39. The van der Waals surface area contributed by atoms with Crippen LogP contribution in [0.4, 0.5) is 0 Å². The molecule has 1 aromatic rings. The Morgan fingerprint density at radius 1 is 1.05 bits per heavy atom. The van der Waals surface area contributed by atoms with Crippen LogP contribution < -0.4 is 0 Å². The lowest BCUT2D eigenvalue weighted by Gasteiger charge is -2.27. The van der Waals surface area contributed by atoms with Crippen molar-refractivity contribution in [3.63, 3.8) is 0 Å². The molecular weight excluding hydrogens is 256 g/mol. The van der Waals surface area contributed by atoms with Gasteiger partial charge in [0.2, 0.25) is 11.6 Å². The number of fused-ring (bicyclic) bond motifs is 2. The molecule has 1 unspecified atom stereocenters. The topological polar surface area (TPSA) is 34.1 Å². The maximum atomic E-state index is 12.0. The lowest BCUT2D eigenvalue weighted by molar-refractivity contribution is -0.112. The zero-order valence-electron chi connectivity index (χ0n) is 11.5. The summed E-state index contributed by atoms with van der Waals surface area (Å²) in [6, 6.07) is 7.43. The molecule has 0 N–H and O–H groups in total. The van der Waals surface area contributed by atoms with Gasteiger partial charge in [0.15, 0.2) is 0 Å². The van der Waals surface area contributed by atoms with Crippen molar-refractivity contribution in [2.24, 2.45) is 0 Å². The molecule has 19 heavy (non-hydrogen) atoms. The van der Waals surface area contributed by atoms with Gasteiger partial charge in [0.1, 0.15) is 0 Å². The minimum Gasteiger partial charge on any atom is -0.285 e. The standard InChI is InChI=1S/C14H12O2S.C2H6/c1-8-6-7-11-13(16)12(15)9-4-2-3-5-10(9)14(11)17-8;1-2/h2-5,8H,6-7H2,1H3;1-2H3. The monoisotopic (exact) mass is 274 g/mol. The Bertz CT molecular complexity index is 558. The summed E-state index contributed by atoms with van der Waals surface area (Å²) >= 11 is 1.73. The number of hydrogen-bond acceptors (Lipinski definition) is 3. The van der Waals surface area contributed by atoms with E-state index in [0.717, 1.165) is 28.9 Å². The first-order chi connectivity index (χ1) is 9.18. The number of Topliss-reactive ketones (excluding diaryl/α,β-unsaturated/α-hetero) is 2. The van der Waals surface area contributed by atoms with E-state index in [0.29, 0.717) is 10.8 Å². The van der Waals surface area contributed by atoms with Crippen molar-refractivity contribution in [3.8, 4) is 0 Å². The number of allylic oxidation sites excluding steroid dienone is 1. The van der Waals surface area contributed by atoms with E-state index in [1.807, 2.05) is 32.0 Å². The van der Waals surface area contributed by atoms with Gasteiger partial charge in [0.25, 0.3) is 0 Å². The predicted molar refractivity (Wildman–Crippen MR) is 80.3 cm³/mol. The fraction of sp³-hybridized carbons (Fsp3) is 0.375. The Kier molecular flexibility index (Phi) is 4.25. The largest absolute Gasteiger partial charge is 0.285 e. The molecule has 0 radical (unpaired) electrons. The molecule has 0 amide bonds. The summed E-state index contributed by atoms with van der Waals surface area (Å²) in [4.78, 5) is 25.0. The van der Waals surface area contributed by atoms with Gasteiger partial charge in [-0.3, -0.25) is 9.59 Å². The van der Waals surface area contributed by atoms with Gasteiger partial charge in [0, 0.05) is 21.3 Å². The van der Waals surface area contributed by atoms with Crippen LogP contribution in [0.15, 0.2) is 29.8 Å². The van der Waals surface area contributed by atoms with Gasteiger partial charge in [0.05, 0.1) is 0 Å². The lowest BCUT2D eigenvalue weighted by Crippen LogP contribution is -2.26. The first kappa shape index (κ1) is 14.1. The molecule has 1 atom stereocenters. The molecule has 1 heterocycles. The number of thioether (sulfide) groups is 1. The van der Waals surface area contributed by atoms with E-state index >= 15 is 0 Å². The van der Waals surface area contributed by atoms with Crippen LogP contribution in [0.25, 0.3) is 4.91 Å². The molecule has 0 bridgehead atoms. The second kappa shape index (κ2) is 5.74. The highest BCUT2D eigenvalue weighted by Gasteiger charge is 2.35. The normalized spacial score (nSPS) is 21.3. The highest BCUT2D eigenvalue weighted by Crippen LogP contribution is 2.45. The van der Waals surface area contributed by atoms with Crippen LogP contribution in [0.2, 0.25) is 0 Å². The second-order valence-corrected chi connectivity index (χ2v) is 5.93. The summed E-state index contributed by atoms with van der Waals surface area (Å²) in [5.41, 5.74) is 2.25. The molecule has 0 saturated carbocycles. The molecule has 1 aliphatic carbocycles. The van der Waals surface area contributed by atoms with Crippen LogP contribution in [-0.2, 0) is 4.79 Å². The molecular formula is C16H18O2S. The molecule has 3 rings (SSSR count). The van der Waals surface area contributed by atoms with Crippen molar-refractivity contribution in [1.82, 2.24) is 0 Å². The molecule has 100 valence electrons. The third-order valence-corrected chi connectivity index (χ3v) is 4.63. The number of rotatable bonds is 0. The van der Waals surface area contributed by atoms with E-state index < -0.39 is 0 Å². The predicted octanol–water partition coefficient (Wildman–Crippen LogP) is 4.10. The molecule has 3 heteroatoms. The van der Waals surface area contributed by atoms with Crippen molar-refractivity contribution in [2.75, 3.05) is 0 Å². The van der Waals surface area contributed by atoms with Gasteiger partial charge >= 0.3 is 0 Å². The van der Waals surface area contributed by atoms with Crippen molar-refractivity contribution in [2.45, 2.75) is 38.9 Å². The SMILES string of the molecule is CC.CC1CCC2=C(S1)c1ccccc1C(=O)C2=O. The second-order valence-electron chi connectivity index (χ2n) is 4.48. The molecule has 1 aliphatic heterocycles. The van der Waals surface area contributed by atoms with Gasteiger partial charge < -0.3 is 0 Å². The molecule has 2 nitrogen and oxygen atoms in total. The van der Waals surface area contributed by atoms with Crippen molar-refractivity contribution in [1.29, 1.82) is 0 Å². The van der Waals surface area contributed by atoms with E-state index in [2.05, 4.69) is 6.92 Å². The van der Waals surface area contributed by atoms with Crippen LogP contribution in [0, 0.1) is 0 Å². The van der Waals surface area contributed by atoms with E-state index in [1.54, 1.807) is 17.8 Å². The molecule has 0 spiro atoms. The minimum atomic E-state index is -0.338. The Morgan fingerprint density at radius 2 is 1.68 bits per heavy atom. The van der Waals surface area contributed by atoms with Crippen LogP contribution in [0.5, 0.6) is 0 Å². The number of ketones is 2. The molecule has 2 aliphatic rings. The number of hydrogen-bond donors (Lipinski definition) is 0. The highest BCUT2D eigenvalue weighted by molar-refractivity contribution is 8.09. The van der Waals surface area contributed by atoms with Crippen LogP contribution in [-0.4, -0.2) is 16.8 Å². The molecule has 0 fully saturated rings. The Balaban J connectivity index is 0.000000637. The zero-order valence-corrected chi connectivity index (χ0v) is 12.3. The summed E-state index contributed by atoms with van der Waals surface area (Å²) in [6.07, 6.45) is 1.72. The molecule has 0 aromatic heterocycles. The Hall–Kier alpha value is -1.35. The average molecular weight is 274 g/mol. The maximum Gasteiger partial charge on any atom is 0.233 e. The Labute approximate surface area is 118 Å². The molecule has 1 aromatic carbocycles. The number of benzene rings is 1. The summed E-state index contributed by atoms with van der Waals surface area (Å²) < 4.78 is 0. The first-order valence-electron chi connectivity index (χ1n) is 6.76. The smallest absolute Gasteiger partial charge is 0.233 e. The third-order valence-electron chi connectivity index (χ3n) is 3.29. The zero-order chi connectivity index (χ0) is 14.0. The summed E-state index contributed by atoms with van der Waals surface area (Å²) in [5, 5.41) is 0.516. The summed E-state index contributed by atoms with van der Waals surface area (Å²) in [7, 11) is 0. The van der Waals surface area contributed by atoms with E-state index in [-0.39, 0.29) is 11.6 Å². The fourth-order valence-electron chi connectivity index (χ4n) is 2.37. The van der Waals surface area contributed by atoms with Crippen LogP contribution in [0.3, 0.4) is 0 Å².